The molecule has 0 saturated carbocycles. The third kappa shape index (κ3) is 2.61. The molecule has 0 radical (unpaired) electrons. The average Bonchev–Trinajstić information content (AvgIpc) is 2.19. The molecule has 0 unspecified atom stereocenters. The Morgan fingerprint density at radius 2 is 2.07 bits per heavy atom. The number of para-hydroxylation sites is 1. The molecule has 1 rings (SSSR count). The third-order valence-electron chi connectivity index (χ3n) is 1.49. The van der Waals surface area contributed by atoms with Crippen molar-refractivity contribution in [2.75, 3.05) is 6.86 Å². The lowest BCUT2D eigenvalue weighted by Crippen LogP contribution is -2.01. The quantitative estimate of drug-likeness (QED) is 0.572. The summed E-state index contributed by atoms with van der Waals surface area (Å²) in [7, 11) is -4.15. The maximum Gasteiger partial charge on any atom is 0.296 e. The van der Waals surface area contributed by atoms with Gasteiger partial charge < -0.3 is 4.74 Å². The minimum Gasteiger partial charge on any atom is -0.461 e. The lowest BCUT2D eigenvalue weighted by Gasteiger charge is -2.05. The Labute approximate surface area is 85.3 Å². The van der Waals surface area contributed by atoms with Crippen molar-refractivity contribution >= 4 is 16.1 Å². The number of hydrogen-bond donors (Lipinski definition) is 0. The largest absolute Gasteiger partial charge is 0.461 e. The summed E-state index contributed by atoms with van der Waals surface area (Å²) in [5.74, 6) is -0.195. The molecule has 5 nitrogen and oxygen atoms in total. The second kappa shape index (κ2) is 4.68. The van der Waals surface area contributed by atoms with Crippen molar-refractivity contribution in [2.45, 2.75) is 4.90 Å². The van der Waals surface area contributed by atoms with Crippen molar-refractivity contribution in [3.63, 3.8) is 0 Å². The molecule has 1 aromatic carbocycles. The van der Waals surface area contributed by atoms with Crippen LogP contribution < -0.4 is 4.74 Å². The number of ether oxygens (including phenoxy) is 1. The number of nitrogens with zero attached hydrogens (tertiary/aromatic N) is 1. The van der Waals surface area contributed by atoms with Gasteiger partial charge in [-0.25, -0.2) is 9.18 Å². The highest BCUT2D eigenvalue weighted by molar-refractivity contribution is 7.90. The molecule has 0 bridgehead atoms. The molecule has 0 aliphatic carbocycles. The van der Waals surface area contributed by atoms with E-state index in [0.717, 1.165) is 12.1 Å². The smallest absolute Gasteiger partial charge is 0.296 e. The van der Waals surface area contributed by atoms with Gasteiger partial charge >= 0.3 is 0 Å². The number of sulfonamides is 1. The molecule has 7 heteroatoms. The molecule has 0 aliphatic heterocycles. The van der Waals surface area contributed by atoms with E-state index >= 15 is 0 Å². The zero-order valence-corrected chi connectivity index (χ0v) is 8.20. The van der Waals surface area contributed by atoms with Crippen molar-refractivity contribution < 1.29 is 22.3 Å². The third-order valence-corrected chi connectivity index (χ3v) is 2.70. The van der Waals surface area contributed by atoms with Crippen LogP contribution in [-0.4, -0.2) is 21.4 Å². The first-order valence-electron chi connectivity index (χ1n) is 3.74. The van der Waals surface area contributed by atoms with Gasteiger partial charge in [-0.05, 0) is 12.1 Å². The number of isocyanates is 1. The molecule has 0 fully saturated rings. The van der Waals surface area contributed by atoms with E-state index in [1.807, 2.05) is 0 Å². The molecule has 80 valence electrons. The number of alkyl halides is 1. The number of halogens is 1. The van der Waals surface area contributed by atoms with Crippen molar-refractivity contribution in [1.29, 1.82) is 0 Å². The molecular formula is C8H6FNO4S. The Bertz CT molecular complexity index is 493. The molecule has 0 aromatic heterocycles. The fraction of sp³-hybridized carbons (Fsp3) is 0.125. The fourth-order valence-electron chi connectivity index (χ4n) is 0.940. The van der Waals surface area contributed by atoms with Crippen LogP contribution >= 0.6 is 0 Å². The van der Waals surface area contributed by atoms with Crippen LogP contribution in [0.5, 0.6) is 5.75 Å². The lowest BCUT2D eigenvalue weighted by atomic mass is 10.3. The van der Waals surface area contributed by atoms with E-state index in [4.69, 9.17) is 0 Å². The summed E-state index contributed by atoms with van der Waals surface area (Å²) < 4.78 is 41.6. The van der Waals surface area contributed by atoms with Gasteiger partial charge in [0.1, 0.15) is 10.6 Å². The molecule has 0 atom stereocenters. The Hall–Kier alpha value is -1.72. The molecule has 0 heterocycles. The van der Waals surface area contributed by atoms with E-state index in [0.29, 0.717) is 0 Å². The van der Waals surface area contributed by atoms with Gasteiger partial charge in [-0.15, -0.1) is 0 Å². The predicted octanol–water partition coefficient (Wildman–Crippen LogP) is 1.02. The number of hydrogen-bond acceptors (Lipinski definition) is 4. The van der Waals surface area contributed by atoms with Gasteiger partial charge in [0, 0.05) is 0 Å². The van der Waals surface area contributed by atoms with Crippen LogP contribution in [0.1, 0.15) is 0 Å². The highest BCUT2D eigenvalue weighted by Crippen LogP contribution is 2.24. The molecule has 0 spiro atoms. The molecule has 0 N–H and O–H groups in total. The van der Waals surface area contributed by atoms with E-state index < -0.39 is 16.9 Å². The van der Waals surface area contributed by atoms with Gasteiger partial charge in [-0.2, -0.15) is 8.42 Å². The van der Waals surface area contributed by atoms with Gasteiger partial charge in [0.2, 0.25) is 6.86 Å². The van der Waals surface area contributed by atoms with Crippen LogP contribution in [-0.2, 0) is 14.8 Å². The van der Waals surface area contributed by atoms with Crippen LogP contribution in [0.4, 0.5) is 4.39 Å². The lowest BCUT2D eigenvalue weighted by molar-refractivity contribution is 0.187. The molecular weight excluding hydrogens is 225 g/mol. The summed E-state index contributed by atoms with van der Waals surface area (Å²) in [6.45, 7) is -1.17. The first kappa shape index (κ1) is 11.4. The van der Waals surface area contributed by atoms with Crippen LogP contribution in [0, 0.1) is 0 Å². The number of carbonyl (C=O) groups excluding carboxylic acids is 1. The van der Waals surface area contributed by atoms with Crippen LogP contribution in [0.2, 0.25) is 0 Å². The average molecular weight is 231 g/mol. The van der Waals surface area contributed by atoms with Gasteiger partial charge in [-0.1, -0.05) is 16.5 Å². The van der Waals surface area contributed by atoms with E-state index in [9.17, 15) is 17.6 Å². The Morgan fingerprint density at radius 3 is 2.67 bits per heavy atom. The second-order valence-corrected chi connectivity index (χ2v) is 3.93. The monoisotopic (exact) mass is 231 g/mol. The van der Waals surface area contributed by atoms with Crippen LogP contribution in [0.3, 0.4) is 0 Å². The van der Waals surface area contributed by atoms with Gasteiger partial charge in [-0.3, -0.25) is 0 Å². The first-order chi connectivity index (χ1) is 7.11. The maximum atomic E-state index is 11.9. The topological polar surface area (TPSA) is 72.8 Å². The molecule has 0 amide bonds. The number of benzene rings is 1. The van der Waals surface area contributed by atoms with Gasteiger partial charge in [0.15, 0.2) is 0 Å². The highest BCUT2D eigenvalue weighted by Gasteiger charge is 2.18. The van der Waals surface area contributed by atoms with Crippen LogP contribution in [0.25, 0.3) is 0 Å². The Morgan fingerprint density at radius 1 is 1.40 bits per heavy atom. The molecule has 0 saturated heterocycles. The molecule has 15 heavy (non-hydrogen) atoms. The summed E-state index contributed by atoms with van der Waals surface area (Å²) in [4.78, 5) is 9.51. The second-order valence-electron chi connectivity index (χ2n) is 2.36. The summed E-state index contributed by atoms with van der Waals surface area (Å²) in [6.07, 6.45) is 0.914. The zero-order valence-electron chi connectivity index (χ0n) is 7.38. The minimum atomic E-state index is -4.15. The summed E-state index contributed by atoms with van der Waals surface area (Å²) in [6, 6.07) is 5.28. The Kier molecular flexibility index (Phi) is 3.54. The van der Waals surface area contributed by atoms with Crippen molar-refractivity contribution in [3.05, 3.63) is 24.3 Å². The van der Waals surface area contributed by atoms with E-state index in [2.05, 4.69) is 9.13 Å². The first-order valence-corrected chi connectivity index (χ1v) is 5.18. The number of rotatable bonds is 4. The normalized spacial score (nSPS) is 10.5. The predicted molar refractivity (Wildman–Crippen MR) is 48.4 cm³/mol. The van der Waals surface area contributed by atoms with E-state index in [1.54, 1.807) is 0 Å². The fourth-order valence-corrected chi connectivity index (χ4v) is 1.77. The standard InChI is InChI=1S/C8H6FNO4S/c9-5-14-7-3-1-2-4-8(7)15(12,13)10-6-11/h1-4H,5H2. The van der Waals surface area contributed by atoms with Crippen molar-refractivity contribution in [2.24, 2.45) is 4.40 Å². The summed E-state index contributed by atoms with van der Waals surface area (Å²) in [5, 5.41) is 0. The highest BCUT2D eigenvalue weighted by atomic mass is 32.2. The SMILES string of the molecule is O=C=NS(=O)(=O)c1ccccc1OCF. The summed E-state index contributed by atoms with van der Waals surface area (Å²) in [5.41, 5.74) is 0. The zero-order chi connectivity index (χ0) is 11.3. The van der Waals surface area contributed by atoms with Gasteiger partial charge in [0.05, 0.1) is 0 Å². The molecule has 1 aromatic rings. The van der Waals surface area contributed by atoms with Gasteiger partial charge in [0.25, 0.3) is 16.1 Å². The van der Waals surface area contributed by atoms with Crippen molar-refractivity contribution in [1.82, 2.24) is 0 Å². The Balaban J connectivity index is 3.30. The van der Waals surface area contributed by atoms with Crippen molar-refractivity contribution in [3.8, 4) is 5.75 Å². The minimum absolute atomic E-state index is 0.195. The van der Waals surface area contributed by atoms with Crippen LogP contribution in [0.15, 0.2) is 33.6 Å². The van der Waals surface area contributed by atoms with E-state index in [-0.39, 0.29) is 10.6 Å². The summed E-state index contributed by atoms with van der Waals surface area (Å²) >= 11 is 0. The maximum absolute atomic E-state index is 11.9. The van der Waals surface area contributed by atoms with E-state index in [1.165, 1.54) is 18.2 Å². The molecule has 0 aliphatic rings.